The number of hydrogen-bond acceptors (Lipinski definition) is 3. The van der Waals surface area contributed by atoms with Crippen LogP contribution in [0.1, 0.15) is 50.3 Å². The van der Waals surface area contributed by atoms with Crippen molar-refractivity contribution in [2.45, 2.75) is 58.5 Å². The van der Waals surface area contributed by atoms with Gasteiger partial charge in [-0.3, -0.25) is 14.4 Å². The summed E-state index contributed by atoms with van der Waals surface area (Å²) in [5.74, 6) is -0.725. The summed E-state index contributed by atoms with van der Waals surface area (Å²) in [4.78, 5) is 41.7. The SMILES string of the molecule is CCN1C(=O)C(C)(C)c2cc(NC(=O)C3CCC(=O)N3Cc3cccc(F)c3)cc(C)c21. The molecule has 2 heterocycles. The van der Waals surface area contributed by atoms with Crippen LogP contribution in [0.25, 0.3) is 0 Å². The number of nitrogens with zero attached hydrogens (tertiary/aromatic N) is 2. The number of aryl methyl sites for hydroxylation is 1. The molecule has 0 bridgehead atoms. The van der Waals surface area contributed by atoms with E-state index in [0.29, 0.717) is 24.2 Å². The number of carbonyl (C=O) groups excluding carboxylic acids is 3. The minimum atomic E-state index is -0.677. The van der Waals surface area contributed by atoms with Gasteiger partial charge in [0.25, 0.3) is 0 Å². The molecule has 1 unspecified atom stereocenters. The monoisotopic (exact) mass is 437 g/mol. The van der Waals surface area contributed by atoms with Crippen LogP contribution < -0.4 is 10.2 Å². The van der Waals surface area contributed by atoms with Crippen molar-refractivity contribution in [1.29, 1.82) is 0 Å². The molecular weight excluding hydrogens is 409 g/mol. The van der Waals surface area contributed by atoms with Gasteiger partial charge in [0, 0.05) is 25.2 Å². The zero-order valence-electron chi connectivity index (χ0n) is 18.9. The summed E-state index contributed by atoms with van der Waals surface area (Å²) < 4.78 is 13.6. The molecule has 1 N–H and O–H groups in total. The second-order valence-corrected chi connectivity index (χ2v) is 9.06. The van der Waals surface area contributed by atoms with Crippen LogP contribution >= 0.6 is 0 Å². The first-order valence-corrected chi connectivity index (χ1v) is 11.0. The Hall–Kier alpha value is -3.22. The molecule has 0 aliphatic carbocycles. The van der Waals surface area contributed by atoms with E-state index in [0.717, 1.165) is 16.8 Å². The van der Waals surface area contributed by atoms with Gasteiger partial charge in [0.1, 0.15) is 11.9 Å². The molecule has 1 fully saturated rings. The summed E-state index contributed by atoms with van der Waals surface area (Å²) in [6.07, 6.45) is 0.696. The number of likely N-dealkylation sites (N-methyl/N-ethyl adjacent to an activating group) is 1. The van der Waals surface area contributed by atoms with Gasteiger partial charge in [0.05, 0.1) is 11.1 Å². The van der Waals surface area contributed by atoms with E-state index in [-0.39, 0.29) is 36.5 Å². The molecule has 0 aromatic heterocycles. The van der Waals surface area contributed by atoms with Gasteiger partial charge in [-0.2, -0.15) is 0 Å². The lowest BCUT2D eigenvalue weighted by molar-refractivity contribution is -0.133. The number of fused-ring (bicyclic) bond motifs is 1. The molecule has 0 radical (unpaired) electrons. The molecule has 168 valence electrons. The third-order valence-corrected chi connectivity index (χ3v) is 6.48. The van der Waals surface area contributed by atoms with E-state index < -0.39 is 11.5 Å². The molecule has 2 aromatic carbocycles. The van der Waals surface area contributed by atoms with Gasteiger partial charge >= 0.3 is 0 Å². The fraction of sp³-hybridized carbons (Fsp3) is 0.400. The maximum absolute atomic E-state index is 13.6. The van der Waals surface area contributed by atoms with E-state index in [9.17, 15) is 18.8 Å². The second-order valence-electron chi connectivity index (χ2n) is 9.06. The molecule has 4 rings (SSSR count). The summed E-state index contributed by atoms with van der Waals surface area (Å²) in [5.41, 5.74) is 3.28. The molecule has 0 saturated carbocycles. The first-order chi connectivity index (χ1) is 15.1. The Bertz CT molecular complexity index is 1110. The summed E-state index contributed by atoms with van der Waals surface area (Å²) in [7, 11) is 0. The normalized spacial score (nSPS) is 19.5. The smallest absolute Gasteiger partial charge is 0.247 e. The Morgan fingerprint density at radius 1 is 1.22 bits per heavy atom. The lowest BCUT2D eigenvalue weighted by Crippen LogP contribution is -2.41. The van der Waals surface area contributed by atoms with Crippen LogP contribution in [0.5, 0.6) is 0 Å². The number of anilines is 2. The molecule has 32 heavy (non-hydrogen) atoms. The molecule has 1 atom stereocenters. The minimum Gasteiger partial charge on any atom is -0.326 e. The van der Waals surface area contributed by atoms with Crippen LogP contribution in [0.3, 0.4) is 0 Å². The van der Waals surface area contributed by atoms with Gasteiger partial charge < -0.3 is 15.1 Å². The maximum Gasteiger partial charge on any atom is 0.247 e. The number of amides is 3. The van der Waals surface area contributed by atoms with Crippen LogP contribution in [-0.2, 0) is 26.3 Å². The van der Waals surface area contributed by atoms with Crippen molar-refractivity contribution < 1.29 is 18.8 Å². The highest BCUT2D eigenvalue weighted by atomic mass is 19.1. The van der Waals surface area contributed by atoms with E-state index in [2.05, 4.69) is 5.32 Å². The molecule has 1 saturated heterocycles. The van der Waals surface area contributed by atoms with Crippen LogP contribution in [0.15, 0.2) is 36.4 Å². The maximum atomic E-state index is 13.6. The Kier molecular flexibility index (Phi) is 5.53. The number of likely N-dealkylation sites (tertiary alicyclic amines) is 1. The van der Waals surface area contributed by atoms with Crippen molar-refractivity contribution in [3.05, 3.63) is 58.9 Å². The summed E-state index contributed by atoms with van der Waals surface area (Å²) in [6, 6.07) is 9.16. The number of halogens is 1. The van der Waals surface area contributed by atoms with Crippen LogP contribution in [0, 0.1) is 12.7 Å². The van der Waals surface area contributed by atoms with Crippen LogP contribution in [0.4, 0.5) is 15.8 Å². The van der Waals surface area contributed by atoms with E-state index >= 15 is 0 Å². The van der Waals surface area contributed by atoms with Crippen molar-refractivity contribution in [1.82, 2.24) is 4.90 Å². The number of benzene rings is 2. The first-order valence-electron chi connectivity index (χ1n) is 11.0. The molecule has 6 nitrogen and oxygen atoms in total. The van der Waals surface area contributed by atoms with Crippen molar-refractivity contribution in [2.24, 2.45) is 0 Å². The van der Waals surface area contributed by atoms with E-state index in [1.54, 1.807) is 17.0 Å². The van der Waals surface area contributed by atoms with Crippen molar-refractivity contribution in [2.75, 3.05) is 16.8 Å². The Morgan fingerprint density at radius 2 is 1.97 bits per heavy atom. The molecule has 3 amide bonds. The molecule has 2 aliphatic rings. The predicted molar refractivity (Wildman–Crippen MR) is 121 cm³/mol. The Balaban J connectivity index is 1.58. The lowest BCUT2D eigenvalue weighted by atomic mass is 9.85. The zero-order chi connectivity index (χ0) is 23.2. The highest BCUT2D eigenvalue weighted by Gasteiger charge is 2.44. The fourth-order valence-electron chi connectivity index (χ4n) is 4.80. The minimum absolute atomic E-state index is 0.0456. The van der Waals surface area contributed by atoms with E-state index in [1.165, 1.54) is 17.0 Å². The predicted octanol–water partition coefficient (Wildman–Crippen LogP) is 3.91. The number of nitrogens with one attached hydrogen (secondary N) is 1. The topological polar surface area (TPSA) is 69.7 Å². The number of rotatable bonds is 5. The van der Waals surface area contributed by atoms with Gasteiger partial charge in [-0.15, -0.1) is 0 Å². The molecule has 7 heteroatoms. The summed E-state index contributed by atoms with van der Waals surface area (Å²) in [6.45, 7) is 8.44. The quantitative estimate of drug-likeness (QED) is 0.771. The van der Waals surface area contributed by atoms with Gasteiger partial charge in [-0.05, 0) is 75.1 Å². The van der Waals surface area contributed by atoms with Crippen molar-refractivity contribution in [3.8, 4) is 0 Å². The average molecular weight is 438 g/mol. The van der Waals surface area contributed by atoms with Gasteiger partial charge in [-0.1, -0.05) is 12.1 Å². The number of carbonyl (C=O) groups is 3. The number of hydrogen-bond donors (Lipinski definition) is 1. The van der Waals surface area contributed by atoms with E-state index in [4.69, 9.17) is 0 Å². The largest absolute Gasteiger partial charge is 0.326 e. The highest BCUT2D eigenvalue weighted by molar-refractivity contribution is 6.09. The summed E-state index contributed by atoms with van der Waals surface area (Å²) in [5, 5.41) is 2.95. The lowest BCUT2D eigenvalue weighted by Gasteiger charge is -2.25. The summed E-state index contributed by atoms with van der Waals surface area (Å²) >= 11 is 0. The van der Waals surface area contributed by atoms with E-state index in [1.807, 2.05) is 39.8 Å². The Morgan fingerprint density at radius 3 is 2.66 bits per heavy atom. The van der Waals surface area contributed by atoms with Crippen LogP contribution in [0.2, 0.25) is 0 Å². The second kappa shape index (κ2) is 8.04. The first kappa shape index (κ1) is 22.0. The van der Waals surface area contributed by atoms with Crippen molar-refractivity contribution in [3.63, 3.8) is 0 Å². The molecule has 2 aromatic rings. The zero-order valence-corrected chi connectivity index (χ0v) is 18.9. The molecule has 0 spiro atoms. The third kappa shape index (κ3) is 3.66. The van der Waals surface area contributed by atoms with Crippen LogP contribution in [-0.4, -0.2) is 35.2 Å². The van der Waals surface area contributed by atoms with Gasteiger partial charge in [-0.25, -0.2) is 4.39 Å². The van der Waals surface area contributed by atoms with Gasteiger partial charge in [0.2, 0.25) is 17.7 Å². The highest BCUT2D eigenvalue weighted by Crippen LogP contribution is 2.44. The Labute approximate surface area is 187 Å². The van der Waals surface area contributed by atoms with Crippen molar-refractivity contribution >= 4 is 29.1 Å². The standard InChI is InChI=1S/C25H28FN3O3/c1-5-28-22-15(2)11-18(13-19(22)25(3,4)24(28)32)27-23(31)20-9-10-21(30)29(20)14-16-7-6-8-17(26)12-16/h6-8,11-13,20H,5,9-10,14H2,1-4H3,(H,27,31). The van der Waals surface area contributed by atoms with Gasteiger partial charge in [0.15, 0.2) is 0 Å². The average Bonchev–Trinajstić information content (AvgIpc) is 3.18. The molecular formula is C25H28FN3O3. The third-order valence-electron chi connectivity index (χ3n) is 6.48. The fourth-order valence-corrected chi connectivity index (χ4v) is 4.80. The molecule has 2 aliphatic heterocycles.